The Morgan fingerprint density at radius 3 is 2.56 bits per heavy atom. The van der Waals surface area contributed by atoms with Crippen LogP contribution in [0.4, 0.5) is 4.39 Å². The molecular weight excluding hydrogens is 319 g/mol. The van der Waals surface area contributed by atoms with Gasteiger partial charge in [-0.15, -0.1) is 0 Å². The van der Waals surface area contributed by atoms with Gasteiger partial charge < -0.3 is 5.11 Å². The van der Waals surface area contributed by atoms with Gasteiger partial charge in [0.05, 0.1) is 22.6 Å². The van der Waals surface area contributed by atoms with E-state index in [1.807, 2.05) is 19.1 Å². The molecule has 0 saturated carbocycles. The predicted octanol–water partition coefficient (Wildman–Crippen LogP) is 3.94. The fraction of sp³-hybridized carbons (Fsp3) is 0.200. The van der Waals surface area contributed by atoms with Crippen molar-refractivity contribution >= 4 is 5.78 Å². The van der Waals surface area contributed by atoms with E-state index in [4.69, 9.17) is 0 Å². The average Bonchev–Trinajstić information content (AvgIpc) is 2.93. The topological polar surface area (TPSA) is 55.1 Å². The molecule has 2 aromatic carbocycles. The number of phenols is 1. The minimum absolute atomic E-state index is 0.0281. The van der Waals surface area contributed by atoms with E-state index >= 15 is 0 Å². The maximum Gasteiger partial charge on any atom is 0.167 e. The van der Waals surface area contributed by atoms with Crippen LogP contribution >= 0.6 is 0 Å². The van der Waals surface area contributed by atoms with Gasteiger partial charge in [-0.05, 0) is 49.2 Å². The lowest BCUT2D eigenvalue weighted by molar-refractivity contribution is 0.0963. The van der Waals surface area contributed by atoms with Crippen molar-refractivity contribution < 1.29 is 14.3 Å². The van der Waals surface area contributed by atoms with Crippen molar-refractivity contribution in [2.75, 3.05) is 0 Å². The van der Waals surface area contributed by atoms with Crippen LogP contribution in [0.25, 0.3) is 5.69 Å². The Bertz CT molecular complexity index is 960. The first-order valence-corrected chi connectivity index (χ1v) is 8.20. The van der Waals surface area contributed by atoms with Gasteiger partial charge in [-0.1, -0.05) is 18.2 Å². The number of ketones is 1. The van der Waals surface area contributed by atoms with Gasteiger partial charge in [-0.25, -0.2) is 9.07 Å². The van der Waals surface area contributed by atoms with Crippen LogP contribution < -0.4 is 0 Å². The first-order chi connectivity index (χ1) is 12.0. The summed E-state index contributed by atoms with van der Waals surface area (Å²) in [6, 6.07) is 13.2. The van der Waals surface area contributed by atoms with Crippen LogP contribution in [0.3, 0.4) is 0 Å². The maximum absolute atomic E-state index is 13.2. The first-order valence-electron chi connectivity index (χ1n) is 8.20. The summed E-state index contributed by atoms with van der Waals surface area (Å²) in [5.41, 5.74) is 3.63. The molecule has 4 nitrogen and oxygen atoms in total. The highest BCUT2D eigenvalue weighted by atomic mass is 19.1. The van der Waals surface area contributed by atoms with E-state index in [1.165, 1.54) is 12.1 Å². The van der Waals surface area contributed by atoms with Crippen molar-refractivity contribution in [1.29, 1.82) is 0 Å². The van der Waals surface area contributed by atoms with Crippen molar-refractivity contribution in [2.24, 2.45) is 0 Å². The molecule has 0 saturated heterocycles. The molecule has 1 N–H and O–H groups in total. The van der Waals surface area contributed by atoms with E-state index in [2.05, 4.69) is 5.10 Å². The minimum Gasteiger partial charge on any atom is -0.508 e. The van der Waals surface area contributed by atoms with E-state index in [0.717, 1.165) is 16.9 Å². The molecular formula is C20H17FN2O2. The quantitative estimate of drug-likeness (QED) is 0.771. The van der Waals surface area contributed by atoms with Crippen LogP contribution in [0.15, 0.2) is 48.5 Å². The molecule has 1 aliphatic carbocycles. The molecule has 1 aromatic heterocycles. The van der Waals surface area contributed by atoms with Crippen molar-refractivity contribution in [3.8, 4) is 11.4 Å². The van der Waals surface area contributed by atoms with Gasteiger partial charge >= 0.3 is 0 Å². The van der Waals surface area contributed by atoms with Crippen LogP contribution in [0, 0.1) is 12.7 Å². The number of aryl methyl sites for hydroxylation is 1. The van der Waals surface area contributed by atoms with Crippen molar-refractivity contribution in [2.45, 2.75) is 25.7 Å². The van der Waals surface area contributed by atoms with E-state index in [0.29, 0.717) is 24.1 Å². The number of benzene rings is 2. The Hall–Kier alpha value is -2.95. The molecule has 25 heavy (non-hydrogen) atoms. The van der Waals surface area contributed by atoms with E-state index in [9.17, 15) is 14.3 Å². The van der Waals surface area contributed by atoms with Crippen LogP contribution in [0.2, 0.25) is 0 Å². The molecule has 0 aliphatic heterocycles. The number of aromatic hydroxyl groups is 1. The number of hydrogen-bond acceptors (Lipinski definition) is 3. The third-order valence-corrected chi connectivity index (χ3v) is 4.75. The number of para-hydroxylation sites is 1. The zero-order valence-corrected chi connectivity index (χ0v) is 13.7. The van der Waals surface area contributed by atoms with Gasteiger partial charge in [-0.3, -0.25) is 4.79 Å². The van der Waals surface area contributed by atoms with Crippen LogP contribution in [-0.4, -0.2) is 20.7 Å². The number of carbonyl (C=O) groups is 1. The molecule has 5 heteroatoms. The number of fused-ring (bicyclic) bond motifs is 1. The zero-order valence-electron chi connectivity index (χ0n) is 13.7. The van der Waals surface area contributed by atoms with E-state index < -0.39 is 0 Å². The number of nitrogens with zero attached hydrogens (tertiary/aromatic N) is 2. The summed E-state index contributed by atoms with van der Waals surface area (Å²) in [6.07, 6.45) is 0.942. The Morgan fingerprint density at radius 2 is 1.84 bits per heavy atom. The summed E-state index contributed by atoms with van der Waals surface area (Å²) in [6.45, 7) is 1.82. The summed E-state index contributed by atoms with van der Waals surface area (Å²) < 4.78 is 14.9. The second-order valence-corrected chi connectivity index (χ2v) is 6.38. The van der Waals surface area contributed by atoms with E-state index in [1.54, 1.807) is 28.9 Å². The fourth-order valence-corrected chi connectivity index (χ4v) is 3.61. The van der Waals surface area contributed by atoms with Crippen LogP contribution in [0.1, 0.15) is 39.6 Å². The van der Waals surface area contributed by atoms with Gasteiger partial charge in [0.25, 0.3) is 0 Å². The third kappa shape index (κ3) is 2.61. The molecule has 0 spiro atoms. The normalized spacial score (nSPS) is 16.7. The minimum atomic E-state index is -0.315. The number of carbonyl (C=O) groups excluding carboxylic acids is 1. The number of halogens is 1. The van der Waals surface area contributed by atoms with Crippen LogP contribution in [-0.2, 0) is 6.42 Å². The lowest BCUT2D eigenvalue weighted by Crippen LogP contribution is -2.20. The van der Waals surface area contributed by atoms with Gasteiger partial charge in [0.2, 0.25) is 0 Å². The predicted molar refractivity (Wildman–Crippen MR) is 91.8 cm³/mol. The molecule has 0 bridgehead atoms. The molecule has 1 atom stereocenters. The number of aromatic nitrogens is 2. The summed E-state index contributed by atoms with van der Waals surface area (Å²) in [5, 5.41) is 14.6. The highest BCUT2D eigenvalue weighted by molar-refractivity contribution is 6.00. The number of rotatable bonds is 2. The second-order valence-electron chi connectivity index (χ2n) is 6.38. The highest BCUT2D eigenvalue weighted by Gasteiger charge is 2.33. The number of Topliss-reactive ketones (excluding diaryl/α,β-unsaturated/α-hetero) is 1. The molecule has 4 rings (SSSR count). The molecule has 1 heterocycles. The van der Waals surface area contributed by atoms with Crippen molar-refractivity contribution in [3.63, 3.8) is 0 Å². The summed E-state index contributed by atoms with van der Waals surface area (Å²) in [4.78, 5) is 12.7. The molecule has 0 radical (unpaired) electrons. The number of phenolic OH excluding ortho intramolecular Hbond substituents is 1. The van der Waals surface area contributed by atoms with Gasteiger partial charge in [-0.2, -0.15) is 5.10 Å². The van der Waals surface area contributed by atoms with Gasteiger partial charge in [0.1, 0.15) is 11.6 Å². The molecule has 1 aliphatic rings. The fourth-order valence-electron chi connectivity index (χ4n) is 3.61. The SMILES string of the molecule is Cc1nn(-c2ccc(F)cc2)c2c1C(=O)C[C@@H](c1ccccc1O)C2. The largest absolute Gasteiger partial charge is 0.508 e. The Balaban J connectivity index is 1.81. The first kappa shape index (κ1) is 15.6. The smallest absolute Gasteiger partial charge is 0.167 e. The highest BCUT2D eigenvalue weighted by Crippen LogP contribution is 2.38. The van der Waals surface area contributed by atoms with Crippen molar-refractivity contribution in [3.05, 3.63) is 76.9 Å². The van der Waals surface area contributed by atoms with Gasteiger partial charge in [0, 0.05) is 12.3 Å². The summed E-state index contributed by atoms with van der Waals surface area (Å²) >= 11 is 0. The number of hydrogen-bond donors (Lipinski definition) is 1. The Kier molecular flexibility index (Phi) is 3.64. The summed E-state index contributed by atoms with van der Waals surface area (Å²) in [5.74, 6) is -0.185. The molecule has 3 aromatic rings. The molecule has 0 fully saturated rings. The zero-order chi connectivity index (χ0) is 17.6. The summed E-state index contributed by atoms with van der Waals surface area (Å²) in [7, 11) is 0. The van der Waals surface area contributed by atoms with Crippen molar-refractivity contribution in [1.82, 2.24) is 9.78 Å². The molecule has 0 unspecified atom stereocenters. The third-order valence-electron chi connectivity index (χ3n) is 4.75. The van der Waals surface area contributed by atoms with E-state index in [-0.39, 0.29) is 23.3 Å². The average molecular weight is 336 g/mol. The molecule has 0 amide bonds. The lowest BCUT2D eigenvalue weighted by Gasteiger charge is -2.23. The standard InChI is InChI=1S/C20H17FN2O2/c1-12-20-17(23(22-12)15-8-6-14(21)7-9-15)10-13(11-19(20)25)16-4-2-3-5-18(16)24/h2-9,13,24H,10-11H2,1H3/t13-/m0/s1. The van der Waals surface area contributed by atoms with Gasteiger partial charge in [0.15, 0.2) is 5.78 Å². The second kappa shape index (κ2) is 5.84. The monoisotopic (exact) mass is 336 g/mol. The maximum atomic E-state index is 13.2. The molecule has 126 valence electrons. The Labute approximate surface area is 144 Å². The Morgan fingerprint density at radius 1 is 1.12 bits per heavy atom. The van der Waals surface area contributed by atoms with Crippen LogP contribution in [0.5, 0.6) is 5.75 Å². The lowest BCUT2D eigenvalue weighted by atomic mass is 9.81.